The molecule has 5 nitrogen and oxygen atoms in total. The molecule has 0 fully saturated rings. The van der Waals surface area contributed by atoms with E-state index >= 15 is 0 Å². The summed E-state index contributed by atoms with van der Waals surface area (Å²) in [6.07, 6.45) is -0.766. The third kappa shape index (κ3) is 3.71. The summed E-state index contributed by atoms with van der Waals surface area (Å²) in [5.41, 5.74) is 2.66. The quantitative estimate of drug-likeness (QED) is 0.773. The number of methoxy groups -OCH3 is 2. The number of aliphatic hydroxyl groups excluding tert-OH is 1. The summed E-state index contributed by atoms with van der Waals surface area (Å²) in [7, 11) is 4.60. The first-order valence-electron chi connectivity index (χ1n) is 6.51. The molecular formula is C15H23NO4. The number of ether oxygens (including phenoxy) is 2. The normalized spacial score (nSPS) is 13.7. The molecule has 0 bridgehead atoms. The number of carbonyl (C=O) groups is 1. The van der Waals surface area contributed by atoms with Gasteiger partial charge in [0.2, 0.25) is 0 Å². The lowest BCUT2D eigenvalue weighted by atomic mass is 9.95. The van der Waals surface area contributed by atoms with E-state index in [1.165, 1.54) is 7.11 Å². The zero-order valence-corrected chi connectivity index (χ0v) is 12.7. The van der Waals surface area contributed by atoms with Gasteiger partial charge in [-0.15, -0.1) is 0 Å². The van der Waals surface area contributed by atoms with E-state index in [-0.39, 0.29) is 12.4 Å². The minimum absolute atomic E-state index is 0.0876. The van der Waals surface area contributed by atoms with Crippen LogP contribution in [0.5, 0.6) is 5.75 Å². The fraction of sp³-hybridized carbons (Fsp3) is 0.533. The van der Waals surface area contributed by atoms with E-state index in [0.29, 0.717) is 11.3 Å². The maximum atomic E-state index is 11.4. The molecule has 2 atom stereocenters. The Labute approximate surface area is 119 Å². The average molecular weight is 281 g/mol. The number of rotatable bonds is 6. The molecule has 2 N–H and O–H groups in total. The van der Waals surface area contributed by atoms with Gasteiger partial charge in [0.25, 0.3) is 0 Å². The third-order valence-corrected chi connectivity index (χ3v) is 3.34. The van der Waals surface area contributed by atoms with E-state index in [1.807, 2.05) is 26.0 Å². The smallest absolute Gasteiger partial charge is 0.307 e. The molecule has 0 saturated heterocycles. The van der Waals surface area contributed by atoms with Gasteiger partial charge in [0.05, 0.1) is 26.7 Å². The van der Waals surface area contributed by atoms with E-state index in [0.717, 1.165) is 11.1 Å². The molecule has 5 heteroatoms. The summed E-state index contributed by atoms with van der Waals surface area (Å²) in [5.74, 6) is 0.278. The number of carbonyl (C=O) groups excluding carboxylic acids is 1. The second kappa shape index (κ2) is 7.26. The van der Waals surface area contributed by atoms with Gasteiger partial charge in [0, 0.05) is 11.6 Å². The largest absolute Gasteiger partial charge is 0.496 e. The topological polar surface area (TPSA) is 67.8 Å². The molecule has 20 heavy (non-hydrogen) atoms. The van der Waals surface area contributed by atoms with Gasteiger partial charge >= 0.3 is 5.97 Å². The number of nitrogens with one attached hydrogen (secondary N) is 1. The number of esters is 1. The van der Waals surface area contributed by atoms with Crippen LogP contribution in [-0.2, 0) is 9.53 Å². The Bertz CT molecular complexity index is 473. The second-order valence-electron chi connectivity index (χ2n) is 4.82. The van der Waals surface area contributed by atoms with Crippen LogP contribution in [0.2, 0.25) is 0 Å². The van der Waals surface area contributed by atoms with Crippen molar-refractivity contribution in [2.45, 2.75) is 32.4 Å². The number of aliphatic hydroxyl groups is 1. The Morgan fingerprint density at radius 2 is 2.00 bits per heavy atom. The molecule has 1 aromatic carbocycles. The second-order valence-corrected chi connectivity index (χ2v) is 4.82. The summed E-state index contributed by atoms with van der Waals surface area (Å²) >= 11 is 0. The molecule has 1 rings (SSSR count). The van der Waals surface area contributed by atoms with Crippen LogP contribution < -0.4 is 10.1 Å². The highest BCUT2D eigenvalue weighted by molar-refractivity contribution is 5.70. The van der Waals surface area contributed by atoms with Crippen LogP contribution in [0, 0.1) is 13.8 Å². The molecule has 0 saturated carbocycles. The first kappa shape index (κ1) is 16.5. The van der Waals surface area contributed by atoms with Crippen LogP contribution in [0.25, 0.3) is 0 Å². The van der Waals surface area contributed by atoms with Crippen molar-refractivity contribution in [3.8, 4) is 5.75 Å². The summed E-state index contributed by atoms with van der Waals surface area (Å²) in [4.78, 5) is 11.4. The molecule has 0 amide bonds. The van der Waals surface area contributed by atoms with Crippen LogP contribution in [0.4, 0.5) is 0 Å². The molecule has 0 spiro atoms. The lowest BCUT2D eigenvalue weighted by Gasteiger charge is -2.24. The summed E-state index contributed by atoms with van der Waals surface area (Å²) < 4.78 is 10.0. The van der Waals surface area contributed by atoms with Crippen molar-refractivity contribution in [3.63, 3.8) is 0 Å². The molecule has 0 aromatic heterocycles. The van der Waals surface area contributed by atoms with Gasteiger partial charge in [-0.25, -0.2) is 0 Å². The van der Waals surface area contributed by atoms with E-state index in [2.05, 4.69) is 10.1 Å². The van der Waals surface area contributed by atoms with E-state index < -0.39 is 12.1 Å². The predicted octanol–water partition coefficient (Wildman–Crippen LogP) is 1.50. The Balaban J connectivity index is 3.11. The van der Waals surface area contributed by atoms with Gasteiger partial charge < -0.3 is 19.9 Å². The predicted molar refractivity (Wildman–Crippen MR) is 76.9 cm³/mol. The summed E-state index contributed by atoms with van der Waals surface area (Å²) in [6.45, 7) is 3.88. The molecule has 0 aliphatic heterocycles. The van der Waals surface area contributed by atoms with Crippen molar-refractivity contribution in [2.24, 2.45) is 0 Å². The number of likely N-dealkylation sites (N-methyl/N-ethyl adjacent to an activating group) is 1. The first-order valence-corrected chi connectivity index (χ1v) is 6.51. The summed E-state index contributed by atoms with van der Waals surface area (Å²) in [6, 6.07) is 3.43. The van der Waals surface area contributed by atoms with Gasteiger partial charge in [0.1, 0.15) is 5.75 Å². The first-order chi connectivity index (χ1) is 9.44. The number of benzene rings is 1. The zero-order valence-electron chi connectivity index (χ0n) is 12.7. The van der Waals surface area contributed by atoms with Crippen LogP contribution in [0.3, 0.4) is 0 Å². The zero-order chi connectivity index (χ0) is 15.3. The molecular weight excluding hydrogens is 258 g/mol. The van der Waals surface area contributed by atoms with Crippen molar-refractivity contribution in [3.05, 3.63) is 28.8 Å². The Hall–Kier alpha value is -1.59. The molecule has 0 aliphatic rings. The fourth-order valence-corrected chi connectivity index (χ4v) is 2.34. The minimum atomic E-state index is -0.854. The minimum Gasteiger partial charge on any atom is -0.496 e. The maximum Gasteiger partial charge on any atom is 0.307 e. The van der Waals surface area contributed by atoms with Crippen molar-refractivity contribution >= 4 is 5.97 Å². The molecule has 0 radical (unpaired) electrons. The van der Waals surface area contributed by atoms with Crippen LogP contribution >= 0.6 is 0 Å². The SMILES string of the molecule is CNC(CC(=O)OC)C(O)c1cc(C)cc(C)c1OC. The highest BCUT2D eigenvalue weighted by Gasteiger charge is 2.26. The monoisotopic (exact) mass is 281 g/mol. The maximum absolute atomic E-state index is 11.4. The van der Waals surface area contributed by atoms with Gasteiger partial charge in [-0.2, -0.15) is 0 Å². The Kier molecular flexibility index (Phi) is 5.98. The van der Waals surface area contributed by atoms with Gasteiger partial charge in [-0.05, 0) is 32.5 Å². The van der Waals surface area contributed by atoms with E-state index in [9.17, 15) is 9.90 Å². The molecule has 0 heterocycles. The van der Waals surface area contributed by atoms with Crippen molar-refractivity contribution < 1.29 is 19.4 Å². The van der Waals surface area contributed by atoms with Crippen LogP contribution in [0.15, 0.2) is 12.1 Å². The average Bonchev–Trinajstić information content (AvgIpc) is 2.42. The number of aryl methyl sites for hydroxylation is 2. The molecule has 2 unspecified atom stereocenters. The van der Waals surface area contributed by atoms with E-state index in [4.69, 9.17) is 4.74 Å². The Morgan fingerprint density at radius 1 is 1.35 bits per heavy atom. The standard InChI is InChI=1S/C15H23NO4/c1-9-6-10(2)15(20-5)11(7-9)14(18)12(16-3)8-13(17)19-4/h6-7,12,14,16,18H,8H2,1-5H3. The number of hydrogen-bond acceptors (Lipinski definition) is 5. The Morgan fingerprint density at radius 3 is 2.50 bits per heavy atom. The third-order valence-electron chi connectivity index (χ3n) is 3.34. The lowest BCUT2D eigenvalue weighted by molar-refractivity contribution is -0.142. The molecule has 0 aliphatic carbocycles. The van der Waals surface area contributed by atoms with Crippen LogP contribution in [0.1, 0.15) is 29.2 Å². The van der Waals surface area contributed by atoms with Crippen molar-refractivity contribution in [2.75, 3.05) is 21.3 Å². The molecule has 112 valence electrons. The fourth-order valence-electron chi connectivity index (χ4n) is 2.34. The van der Waals surface area contributed by atoms with Gasteiger partial charge in [-0.3, -0.25) is 4.79 Å². The van der Waals surface area contributed by atoms with Crippen LogP contribution in [-0.4, -0.2) is 38.4 Å². The van der Waals surface area contributed by atoms with E-state index in [1.54, 1.807) is 14.2 Å². The van der Waals surface area contributed by atoms with Gasteiger partial charge in [-0.1, -0.05) is 11.6 Å². The van der Waals surface area contributed by atoms with Gasteiger partial charge in [0.15, 0.2) is 0 Å². The van der Waals surface area contributed by atoms with Crippen molar-refractivity contribution in [1.29, 1.82) is 0 Å². The molecule has 1 aromatic rings. The highest BCUT2D eigenvalue weighted by Crippen LogP contribution is 2.32. The highest BCUT2D eigenvalue weighted by atomic mass is 16.5. The van der Waals surface area contributed by atoms with Crippen molar-refractivity contribution in [1.82, 2.24) is 5.32 Å². The summed E-state index contributed by atoms with van der Waals surface area (Å²) in [5, 5.41) is 13.5. The number of hydrogen-bond donors (Lipinski definition) is 2. The lowest BCUT2D eigenvalue weighted by Crippen LogP contribution is -2.35.